The van der Waals surface area contributed by atoms with Crippen LogP contribution in [0, 0.1) is 5.92 Å². The quantitative estimate of drug-likeness (QED) is 0.943. The van der Waals surface area contributed by atoms with Crippen molar-refractivity contribution in [2.45, 2.75) is 26.3 Å². The highest BCUT2D eigenvalue weighted by Gasteiger charge is 2.26. The van der Waals surface area contributed by atoms with Gasteiger partial charge in [-0.2, -0.15) is 5.10 Å². The van der Waals surface area contributed by atoms with Crippen molar-refractivity contribution in [1.29, 1.82) is 0 Å². The van der Waals surface area contributed by atoms with Gasteiger partial charge in [-0.25, -0.2) is 4.79 Å². The van der Waals surface area contributed by atoms with Crippen molar-refractivity contribution in [3.05, 3.63) is 48.3 Å². The number of anilines is 1. The van der Waals surface area contributed by atoms with Gasteiger partial charge in [0.2, 0.25) is 0 Å². The standard InChI is InChI=1S/C17H22N4O/c1-2-21-13-16(11-18-21)19-17(22)20-9-8-15(12-20)10-14-6-4-3-5-7-14/h3-7,11,13,15H,2,8-10,12H2,1H3,(H,19,22)/t15-/m1/s1. The first kappa shape index (κ1) is 14.6. The van der Waals surface area contributed by atoms with Gasteiger partial charge in [0.05, 0.1) is 11.9 Å². The SMILES string of the molecule is CCn1cc(NC(=O)N2CC[C@H](Cc3ccccc3)C2)cn1. The Labute approximate surface area is 130 Å². The van der Waals surface area contributed by atoms with Crippen LogP contribution in [0.15, 0.2) is 42.7 Å². The van der Waals surface area contributed by atoms with Crippen LogP contribution in [-0.4, -0.2) is 33.8 Å². The summed E-state index contributed by atoms with van der Waals surface area (Å²) in [7, 11) is 0. The summed E-state index contributed by atoms with van der Waals surface area (Å²) in [5.74, 6) is 0.548. The third kappa shape index (κ3) is 3.47. The van der Waals surface area contributed by atoms with Gasteiger partial charge in [0, 0.05) is 25.8 Å². The van der Waals surface area contributed by atoms with Gasteiger partial charge in [-0.1, -0.05) is 30.3 Å². The highest BCUT2D eigenvalue weighted by molar-refractivity contribution is 5.89. The van der Waals surface area contributed by atoms with E-state index in [1.165, 1.54) is 5.56 Å². The topological polar surface area (TPSA) is 50.2 Å². The van der Waals surface area contributed by atoms with Gasteiger partial charge < -0.3 is 10.2 Å². The molecule has 1 fully saturated rings. The van der Waals surface area contributed by atoms with Gasteiger partial charge in [0.15, 0.2) is 0 Å². The average Bonchev–Trinajstić information content (AvgIpc) is 3.17. The molecule has 0 radical (unpaired) electrons. The molecule has 2 heterocycles. The van der Waals surface area contributed by atoms with Crippen LogP contribution in [0.5, 0.6) is 0 Å². The number of aromatic nitrogens is 2. The molecule has 0 saturated carbocycles. The number of hydrogen-bond donors (Lipinski definition) is 1. The van der Waals surface area contributed by atoms with Crippen LogP contribution in [-0.2, 0) is 13.0 Å². The van der Waals surface area contributed by atoms with Crippen molar-refractivity contribution in [1.82, 2.24) is 14.7 Å². The molecule has 5 heteroatoms. The summed E-state index contributed by atoms with van der Waals surface area (Å²) in [5, 5.41) is 7.10. The predicted molar refractivity (Wildman–Crippen MR) is 86.7 cm³/mol. The van der Waals surface area contributed by atoms with Crippen LogP contribution in [0.2, 0.25) is 0 Å². The van der Waals surface area contributed by atoms with E-state index in [0.29, 0.717) is 5.92 Å². The lowest BCUT2D eigenvalue weighted by Gasteiger charge is -2.16. The fraction of sp³-hybridized carbons (Fsp3) is 0.412. The first-order valence-corrected chi connectivity index (χ1v) is 7.87. The van der Waals surface area contributed by atoms with Gasteiger partial charge in [0.1, 0.15) is 0 Å². The Bertz CT molecular complexity index is 623. The number of hydrogen-bond acceptors (Lipinski definition) is 2. The monoisotopic (exact) mass is 298 g/mol. The molecule has 1 atom stereocenters. The zero-order chi connectivity index (χ0) is 15.4. The van der Waals surface area contributed by atoms with Crippen LogP contribution in [0.4, 0.5) is 10.5 Å². The highest BCUT2D eigenvalue weighted by Crippen LogP contribution is 2.21. The van der Waals surface area contributed by atoms with Gasteiger partial charge in [-0.05, 0) is 31.2 Å². The summed E-state index contributed by atoms with van der Waals surface area (Å²) >= 11 is 0. The van der Waals surface area contributed by atoms with Crippen LogP contribution < -0.4 is 5.32 Å². The average molecular weight is 298 g/mol. The molecule has 2 aromatic rings. The van der Waals surface area contributed by atoms with Gasteiger partial charge in [-0.3, -0.25) is 4.68 Å². The number of nitrogens with one attached hydrogen (secondary N) is 1. The molecule has 1 aromatic carbocycles. The maximum Gasteiger partial charge on any atom is 0.321 e. The fourth-order valence-corrected chi connectivity index (χ4v) is 2.93. The number of carbonyl (C=O) groups excluding carboxylic acids is 1. The molecule has 0 aliphatic carbocycles. The van der Waals surface area contributed by atoms with Crippen molar-refractivity contribution in [2.24, 2.45) is 5.92 Å². The van der Waals surface area contributed by atoms with E-state index in [0.717, 1.165) is 38.2 Å². The Morgan fingerprint density at radius 3 is 2.91 bits per heavy atom. The lowest BCUT2D eigenvalue weighted by molar-refractivity contribution is 0.221. The molecule has 1 aliphatic heterocycles. The Morgan fingerprint density at radius 2 is 2.18 bits per heavy atom. The molecule has 1 aromatic heterocycles. The lowest BCUT2D eigenvalue weighted by Crippen LogP contribution is -2.33. The summed E-state index contributed by atoms with van der Waals surface area (Å²) in [4.78, 5) is 14.2. The predicted octanol–water partition coefficient (Wildman–Crippen LogP) is 3.00. The Hall–Kier alpha value is -2.30. The molecule has 116 valence electrons. The first-order chi connectivity index (χ1) is 10.7. The van der Waals surface area contributed by atoms with Gasteiger partial charge in [0.25, 0.3) is 0 Å². The number of aryl methyl sites for hydroxylation is 1. The van der Waals surface area contributed by atoms with E-state index in [-0.39, 0.29) is 6.03 Å². The number of likely N-dealkylation sites (tertiary alicyclic amines) is 1. The Balaban J connectivity index is 1.52. The second-order valence-corrected chi connectivity index (χ2v) is 5.81. The Kier molecular flexibility index (Phi) is 4.42. The molecule has 2 amide bonds. The van der Waals surface area contributed by atoms with E-state index >= 15 is 0 Å². The minimum absolute atomic E-state index is 0.0220. The van der Waals surface area contributed by atoms with Crippen LogP contribution in [0.3, 0.4) is 0 Å². The van der Waals surface area contributed by atoms with E-state index in [1.54, 1.807) is 10.9 Å². The lowest BCUT2D eigenvalue weighted by atomic mass is 9.99. The zero-order valence-corrected chi connectivity index (χ0v) is 12.9. The second-order valence-electron chi connectivity index (χ2n) is 5.81. The summed E-state index contributed by atoms with van der Waals surface area (Å²) < 4.78 is 1.80. The molecule has 1 aliphatic rings. The number of urea groups is 1. The largest absolute Gasteiger partial charge is 0.324 e. The molecule has 1 saturated heterocycles. The van der Waals surface area contributed by atoms with Crippen molar-refractivity contribution in [3.63, 3.8) is 0 Å². The molecule has 22 heavy (non-hydrogen) atoms. The molecule has 5 nitrogen and oxygen atoms in total. The number of amides is 2. The molecule has 0 unspecified atom stereocenters. The third-order valence-electron chi connectivity index (χ3n) is 4.15. The molecule has 1 N–H and O–H groups in total. The Morgan fingerprint density at radius 1 is 1.36 bits per heavy atom. The van der Waals surface area contributed by atoms with Crippen LogP contribution >= 0.6 is 0 Å². The van der Waals surface area contributed by atoms with Crippen molar-refractivity contribution in [2.75, 3.05) is 18.4 Å². The molecular formula is C17H22N4O. The fourth-order valence-electron chi connectivity index (χ4n) is 2.93. The zero-order valence-electron chi connectivity index (χ0n) is 12.9. The second kappa shape index (κ2) is 6.64. The van der Waals surface area contributed by atoms with Gasteiger partial charge in [-0.15, -0.1) is 0 Å². The molecular weight excluding hydrogens is 276 g/mol. The first-order valence-electron chi connectivity index (χ1n) is 7.87. The third-order valence-corrected chi connectivity index (χ3v) is 4.15. The molecule has 0 spiro atoms. The van der Waals surface area contributed by atoms with E-state index in [4.69, 9.17) is 0 Å². The normalized spacial score (nSPS) is 17.7. The smallest absolute Gasteiger partial charge is 0.321 e. The minimum Gasteiger partial charge on any atom is -0.324 e. The van der Waals surface area contributed by atoms with Gasteiger partial charge >= 0.3 is 6.03 Å². The minimum atomic E-state index is -0.0220. The van der Waals surface area contributed by atoms with E-state index < -0.39 is 0 Å². The molecule has 0 bridgehead atoms. The summed E-state index contributed by atoms with van der Waals surface area (Å²) in [5.41, 5.74) is 2.11. The van der Waals surface area contributed by atoms with Crippen molar-refractivity contribution < 1.29 is 4.79 Å². The van der Waals surface area contributed by atoms with E-state index in [2.05, 4.69) is 34.7 Å². The van der Waals surface area contributed by atoms with Crippen LogP contribution in [0.1, 0.15) is 18.9 Å². The number of rotatable bonds is 4. The highest BCUT2D eigenvalue weighted by atomic mass is 16.2. The number of benzene rings is 1. The summed E-state index contributed by atoms with van der Waals surface area (Å²) in [6, 6.07) is 10.5. The summed E-state index contributed by atoms with van der Waals surface area (Å²) in [6.45, 7) is 4.47. The van der Waals surface area contributed by atoms with Crippen LogP contribution in [0.25, 0.3) is 0 Å². The maximum atomic E-state index is 12.3. The number of carbonyl (C=O) groups is 1. The number of nitrogens with zero attached hydrogens (tertiary/aromatic N) is 3. The summed E-state index contributed by atoms with van der Waals surface area (Å²) in [6.07, 6.45) is 5.66. The maximum absolute atomic E-state index is 12.3. The van der Waals surface area contributed by atoms with E-state index in [9.17, 15) is 4.79 Å². The van der Waals surface area contributed by atoms with Crippen molar-refractivity contribution >= 4 is 11.7 Å². The van der Waals surface area contributed by atoms with Crippen molar-refractivity contribution in [3.8, 4) is 0 Å². The van der Waals surface area contributed by atoms with E-state index in [1.807, 2.05) is 24.1 Å². The molecule has 3 rings (SSSR count).